The number of carbonyl (C=O) groups is 2. The van der Waals surface area contributed by atoms with Gasteiger partial charge in [-0.3, -0.25) is 14.4 Å². The van der Waals surface area contributed by atoms with Gasteiger partial charge in [-0.2, -0.15) is 5.06 Å². The van der Waals surface area contributed by atoms with E-state index in [0.717, 1.165) is 19.3 Å². The van der Waals surface area contributed by atoms with Crippen LogP contribution < -0.4 is 5.06 Å². The lowest BCUT2D eigenvalue weighted by molar-refractivity contribution is -0.145. The van der Waals surface area contributed by atoms with Crippen molar-refractivity contribution in [3.8, 4) is 0 Å². The van der Waals surface area contributed by atoms with E-state index in [4.69, 9.17) is 4.84 Å². The highest BCUT2D eigenvalue weighted by molar-refractivity contribution is 5.95. The molecule has 3 rings (SSSR count). The molecule has 112 valence electrons. The Balaban J connectivity index is 2.08. The van der Waals surface area contributed by atoms with Crippen LogP contribution in [0.4, 0.5) is 5.69 Å². The zero-order valence-corrected chi connectivity index (χ0v) is 11.9. The van der Waals surface area contributed by atoms with E-state index in [9.17, 15) is 14.7 Å². The van der Waals surface area contributed by atoms with Crippen LogP contribution in [0.5, 0.6) is 0 Å². The molecule has 1 amide bonds. The van der Waals surface area contributed by atoms with Crippen LogP contribution in [0.3, 0.4) is 0 Å². The summed E-state index contributed by atoms with van der Waals surface area (Å²) in [6.45, 7) is 0.354. The first kappa shape index (κ1) is 14.1. The maximum atomic E-state index is 12.0. The second-order valence-corrected chi connectivity index (χ2v) is 5.74. The summed E-state index contributed by atoms with van der Waals surface area (Å²) in [5.74, 6) is -0.917. The molecule has 1 heterocycles. The number of carboxylic acids is 1. The van der Waals surface area contributed by atoms with Gasteiger partial charge in [0.05, 0.1) is 24.1 Å². The first-order chi connectivity index (χ1) is 10.1. The molecule has 1 aliphatic heterocycles. The predicted octanol–water partition coefficient (Wildman–Crippen LogP) is 2.64. The van der Waals surface area contributed by atoms with Gasteiger partial charge in [0.1, 0.15) is 0 Å². The van der Waals surface area contributed by atoms with Crippen LogP contribution >= 0.6 is 0 Å². The standard InChI is InChI=1S/C16H19NO4/c18-14-8-11-21-17(14)13-7-3-2-6-12(13)16(15(19)20)9-4-1-5-10-16/h2-3,6-7H,1,4-5,8-11H2,(H,19,20). The molecule has 5 nitrogen and oxygen atoms in total. The van der Waals surface area contributed by atoms with Gasteiger partial charge >= 0.3 is 5.97 Å². The van der Waals surface area contributed by atoms with Crippen LogP contribution in [0.1, 0.15) is 44.1 Å². The van der Waals surface area contributed by atoms with Crippen LogP contribution in [0.15, 0.2) is 24.3 Å². The molecule has 5 heteroatoms. The molecular weight excluding hydrogens is 270 g/mol. The van der Waals surface area contributed by atoms with Crippen molar-refractivity contribution in [1.29, 1.82) is 0 Å². The molecule has 0 bridgehead atoms. The van der Waals surface area contributed by atoms with E-state index in [1.807, 2.05) is 18.2 Å². The van der Waals surface area contributed by atoms with E-state index in [1.165, 1.54) is 5.06 Å². The number of nitrogens with zero attached hydrogens (tertiary/aromatic N) is 1. The molecule has 1 aromatic carbocycles. The third-order valence-corrected chi connectivity index (χ3v) is 4.52. The van der Waals surface area contributed by atoms with Gasteiger partial charge < -0.3 is 5.11 Å². The van der Waals surface area contributed by atoms with E-state index in [0.29, 0.717) is 37.1 Å². The quantitative estimate of drug-likeness (QED) is 0.929. The van der Waals surface area contributed by atoms with Crippen LogP contribution in [0.25, 0.3) is 0 Å². The van der Waals surface area contributed by atoms with E-state index >= 15 is 0 Å². The lowest BCUT2D eigenvalue weighted by Gasteiger charge is -2.36. The number of aliphatic carboxylic acids is 1. The molecule has 1 aromatic rings. The number of benzene rings is 1. The molecule has 0 radical (unpaired) electrons. The minimum atomic E-state index is -0.902. The lowest BCUT2D eigenvalue weighted by atomic mass is 9.69. The molecule has 0 aromatic heterocycles. The van der Waals surface area contributed by atoms with Crippen LogP contribution in [0.2, 0.25) is 0 Å². The fraction of sp³-hybridized carbons (Fsp3) is 0.500. The normalized spacial score (nSPS) is 21.5. The van der Waals surface area contributed by atoms with Gasteiger partial charge in [0.2, 0.25) is 0 Å². The van der Waals surface area contributed by atoms with Gasteiger partial charge in [-0.1, -0.05) is 37.5 Å². The minimum absolute atomic E-state index is 0.112. The Labute approximate surface area is 123 Å². The summed E-state index contributed by atoms with van der Waals surface area (Å²) < 4.78 is 0. The molecule has 2 fully saturated rings. The molecule has 1 N–H and O–H groups in total. The van der Waals surface area contributed by atoms with Gasteiger partial charge in [0.25, 0.3) is 5.91 Å². The van der Waals surface area contributed by atoms with Gasteiger partial charge in [0, 0.05) is 0 Å². The molecule has 0 spiro atoms. The first-order valence-electron chi connectivity index (χ1n) is 7.44. The Morgan fingerprint density at radius 1 is 1.19 bits per heavy atom. The maximum Gasteiger partial charge on any atom is 0.314 e. The van der Waals surface area contributed by atoms with E-state index in [-0.39, 0.29) is 5.91 Å². The SMILES string of the molecule is O=C1CCON1c1ccccc1C1(C(=O)O)CCCCC1. The van der Waals surface area contributed by atoms with Gasteiger partial charge in [-0.25, -0.2) is 0 Å². The van der Waals surface area contributed by atoms with Crippen LogP contribution in [-0.2, 0) is 19.8 Å². The molecule has 2 aliphatic rings. The fourth-order valence-electron chi connectivity index (χ4n) is 3.41. The molecule has 0 atom stereocenters. The Morgan fingerprint density at radius 3 is 2.52 bits per heavy atom. The smallest absolute Gasteiger partial charge is 0.314 e. The fourth-order valence-corrected chi connectivity index (χ4v) is 3.41. The highest BCUT2D eigenvalue weighted by Gasteiger charge is 2.44. The zero-order valence-electron chi connectivity index (χ0n) is 11.9. The lowest BCUT2D eigenvalue weighted by Crippen LogP contribution is -2.39. The molecule has 1 saturated heterocycles. The first-order valence-corrected chi connectivity index (χ1v) is 7.44. The van der Waals surface area contributed by atoms with Crippen molar-refractivity contribution in [2.75, 3.05) is 11.7 Å². The number of hydrogen-bond acceptors (Lipinski definition) is 3. The summed E-state index contributed by atoms with van der Waals surface area (Å²) in [4.78, 5) is 29.3. The second kappa shape index (κ2) is 5.48. The average Bonchev–Trinajstić information content (AvgIpc) is 2.94. The van der Waals surface area contributed by atoms with Crippen molar-refractivity contribution in [3.63, 3.8) is 0 Å². The zero-order chi connectivity index (χ0) is 14.9. The van der Waals surface area contributed by atoms with Crippen molar-refractivity contribution in [3.05, 3.63) is 29.8 Å². The number of hydroxylamine groups is 1. The van der Waals surface area contributed by atoms with Crippen molar-refractivity contribution in [2.45, 2.75) is 43.9 Å². The van der Waals surface area contributed by atoms with E-state index < -0.39 is 11.4 Å². The Kier molecular flexibility index (Phi) is 3.68. The Bertz CT molecular complexity index is 563. The number of carbonyl (C=O) groups excluding carboxylic acids is 1. The van der Waals surface area contributed by atoms with Crippen molar-refractivity contribution in [2.24, 2.45) is 0 Å². The highest BCUT2D eigenvalue weighted by Crippen LogP contribution is 2.44. The number of amides is 1. The third kappa shape index (κ3) is 2.31. The van der Waals surface area contributed by atoms with Gasteiger partial charge in [0.15, 0.2) is 0 Å². The molecule has 1 saturated carbocycles. The minimum Gasteiger partial charge on any atom is -0.481 e. The van der Waals surface area contributed by atoms with Crippen molar-refractivity contribution >= 4 is 17.6 Å². The number of carboxylic acid groups (broad SMARTS) is 1. The maximum absolute atomic E-state index is 12.0. The summed E-state index contributed by atoms with van der Waals surface area (Å²) in [5.41, 5.74) is 0.387. The topological polar surface area (TPSA) is 66.8 Å². The number of para-hydroxylation sites is 1. The average molecular weight is 289 g/mol. The number of hydrogen-bond donors (Lipinski definition) is 1. The van der Waals surface area contributed by atoms with Crippen molar-refractivity contribution < 1.29 is 19.5 Å². The number of rotatable bonds is 3. The van der Waals surface area contributed by atoms with E-state index in [1.54, 1.807) is 6.07 Å². The number of anilines is 1. The van der Waals surface area contributed by atoms with Crippen molar-refractivity contribution in [1.82, 2.24) is 0 Å². The highest BCUT2D eigenvalue weighted by atomic mass is 16.7. The molecule has 21 heavy (non-hydrogen) atoms. The molecule has 1 aliphatic carbocycles. The summed E-state index contributed by atoms with van der Waals surface area (Å²) in [6.07, 6.45) is 4.43. The molecular formula is C16H19NO4. The largest absolute Gasteiger partial charge is 0.481 e. The van der Waals surface area contributed by atoms with Gasteiger partial charge in [-0.15, -0.1) is 0 Å². The summed E-state index contributed by atoms with van der Waals surface area (Å²) >= 11 is 0. The van der Waals surface area contributed by atoms with Crippen LogP contribution in [-0.4, -0.2) is 23.6 Å². The van der Waals surface area contributed by atoms with Gasteiger partial charge in [-0.05, 0) is 24.5 Å². The Hall–Kier alpha value is -1.88. The summed E-state index contributed by atoms with van der Waals surface area (Å²) in [6, 6.07) is 7.24. The second-order valence-electron chi connectivity index (χ2n) is 5.74. The predicted molar refractivity (Wildman–Crippen MR) is 76.9 cm³/mol. The summed E-state index contributed by atoms with van der Waals surface area (Å²) in [5, 5.41) is 11.1. The third-order valence-electron chi connectivity index (χ3n) is 4.52. The van der Waals surface area contributed by atoms with E-state index in [2.05, 4.69) is 0 Å². The Morgan fingerprint density at radius 2 is 1.90 bits per heavy atom. The van der Waals surface area contributed by atoms with Crippen LogP contribution in [0, 0.1) is 0 Å². The summed E-state index contributed by atoms with van der Waals surface area (Å²) in [7, 11) is 0. The molecule has 0 unspecified atom stereocenters. The monoisotopic (exact) mass is 289 g/mol.